The number of carbonyl (C=O) groups excluding carboxylic acids is 6. The Labute approximate surface area is 435 Å². The van der Waals surface area contributed by atoms with E-state index in [1.807, 2.05) is 46.3 Å². The molecule has 16 nitrogen and oxygen atoms in total. The highest BCUT2D eigenvalue weighted by atomic mass is 35.5. The first-order chi connectivity index (χ1) is 33.6. The van der Waals surface area contributed by atoms with E-state index in [2.05, 4.69) is 19.2 Å². The SMILES string of the molecule is CC(C)(C)N(C(=O)COC(=O)O[C@@H]1CC[C@@]2(C)C(C1)C[C@@H](OC(=O)OCC(=O)N(c1ccc(Cl)cc1)C(C)(C)C)[C@H]1[C@@H]3CC[C@@H](CCCC(=O)NCCC(=O)NS(C)(=O)=O)[C@@]3(C)CC[C@@H]12)c1ccc(Cl)cc1. The Morgan fingerprint density at radius 2 is 1.19 bits per heavy atom. The quantitative estimate of drug-likeness (QED) is 0.151. The Balaban J connectivity index is 1.14. The van der Waals surface area contributed by atoms with E-state index in [4.69, 9.17) is 42.1 Å². The van der Waals surface area contributed by atoms with Crippen molar-refractivity contribution >= 4 is 80.5 Å². The molecule has 72 heavy (non-hydrogen) atoms. The first kappa shape index (κ1) is 56.7. The van der Waals surface area contributed by atoms with Gasteiger partial charge in [-0.3, -0.25) is 23.9 Å². The second-order valence-corrected chi connectivity index (χ2v) is 25.5. The molecule has 0 radical (unpaired) electrons. The Morgan fingerprint density at radius 1 is 0.681 bits per heavy atom. The first-order valence-electron chi connectivity index (χ1n) is 25.2. The fourth-order valence-electron chi connectivity index (χ4n) is 12.8. The number of amides is 4. The van der Waals surface area contributed by atoms with Crippen molar-refractivity contribution in [3.63, 3.8) is 0 Å². The Morgan fingerprint density at radius 3 is 1.72 bits per heavy atom. The van der Waals surface area contributed by atoms with E-state index in [1.165, 1.54) is 0 Å². The van der Waals surface area contributed by atoms with Gasteiger partial charge in [0.1, 0.15) is 12.2 Å². The van der Waals surface area contributed by atoms with Crippen LogP contribution >= 0.6 is 23.2 Å². The lowest BCUT2D eigenvalue weighted by atomic mass is 9.44. The summed E-state index contributed by atoms with van der Waals surface area (Å²) in [5, 5.41) is 3.78. The summed E-state index contributed by atoms with van der Waals surface area (Å²) in [6, 6.07) is 13.7. The Kier molecular flexibility index (Phi) is 18.0. The number of fused-ring (bicyclic) bond motifs is 5. The first-order valence-corrected chi connectivity index (χ1v) is 27.8. The number of nitrogens with zero attached hydrogens (tertiary/aromatic N) is 2. The lowest BCUT2D eigenvalue weighted by Gasteiger charge is -2.62. The third kappa shape index (κ3) is 14.0. The van der Waals surface area contributed by atoms with Crippen LogP contribution in [0.15, 0.2) is 48.5 Å². The summed E-state index contributed by atoms with van der Waals surface area (Å²) < 4.78 is 48.1. The average Bonchev–Trinajstić information content (AvgIpc) is 3.61. The molecule has 9 atom stereocenters. The molecule has 2 N–H and O–H groups in total. The summed E-state index contributed by atoms with van der Waals surface area (Å²) in [4.78, 5) is 82.3. The molecule has 4 saturated carbocycles. The third-order valence-corrected chi connectivity index (χ3v) is 17.0. The predicted molar refractivity (Wildman–Crippen MR) is 275 cm³/mol. The molecule has 2 aromatic carbocycles. The summed E-state index contributed by atoms with van der Waals surface area (Å²) in [7, 11) is -3.68. The maximum atomic E-state index is 13.9. The van der Waals surface area contributed by atoms with Crippen LogP contribution in [0.3, 0.4) is 0 Å². The van der Waals surface area contributed by atoms with Gasteiger partial charge in [-0.2, -0.15) is 0 Å². The van der Waals surface area contributed by atoms with E-state index in [-0.39, 0.29) is 59.8 Å². The highest BCUT2D eigenvalue weighted by molar-refractivity contribution is 7.89. The van der Waals surface area contributed by atoms with E-state index in [0.717, 1.165) is 44.8 Å². The van der Waals surface area contributed by atoms with E-state index in [1.54, 1.807) is 58.3 Å². The summed E-state index contributed by atoms with van der Waals surface area (Å²) in [6.07, 6.45) is 5.63. The Bertz CT molecular complexity index is 2410. The number of rotatable bonds is 16. The van der Waals surface area contributed by atoms with Crippen LogP contribution < -0.4 is 19.8 Å². The van der Waals surface area contributed by atoms with E-state index in [0.29, 0.717) is 53.0 Å². The zero-order chi connectivity index (χ0) is 53.0. The van der Waals surface area contributed by atoms with Crippen molar-refractivity contribution in [2.75, 3.05) is 35.8 Å². The van der Waals surface area contributed by atoms with Crippen molar-refractivity contribution in [1.29, 1.82) is 0 Å². The van der Waals surface area contributed by atoms with Gasteiger partial charge in [-0.1, -0.05) is 37.0 Å². The molecule has 4 aliphatic rings. The summed E-state index contributed by atoms with van der Waals surface area (Å²) in [6.45, 7) is 14.9. The third-order valence-electron chi connectivity index (χ3n) is 15.9. The van der Waals surface area contributed by atoms with Gasteiger partial charge in [0.15, 0.2) is 13.2 Å². The molecular formula is C53H74Cl2N4O12S. The maximum absolute atomic E-state index is 13.9. The standard InChI is InChI=1S/C53H74Cl2N4O12S/c1-50(2,3)58(37-18-14-35(54)15-19-37)45(62)31-68-48(64)70-39-23-26-53(8)34(29-39)30-42(71-49(65)69-32-46(63)59(51(4,5)6)38-20-16-36(55)17-21-38)47-40-22-13-33(52(40,7)27-24-41(47)53)11-10-12-43(60)56-28-25-44(61)57-72(9,66)67/h14-21,33-34,39-42,47H,10-13,22-32H2,1-9H3,(H,56,60)(H,57,61)/t33-,34?,39-,40+,41+,42-,47+,52-,53+/m1/s1. The van der Waals surface area contributed by atoms with Crippen LogP contribution in [0.4, 0.5) is 21.0 Å². The van der Waals surface area contributed by atoms with Crippen molar-refractivity contribution in [3.8, 4) is 0 Å². The summed E-state index contributed by atoms with van der Waals surface area (Å²) >= 11 is 12.3. The summed E-state index contributed by atoms with van der Waals surface area (Å²) in [5.74, 6) is -1.08. The van der Waals surface area contributed by atoms with Gasteiger partial charge in [0, 0.05) is 57.8 Å². The number of ether oxygens (including phenoxy) is 4. The van der Waals surface area contributed by atoms with Gasteiger partial charge in [0.25, 0.3) is 11.8 Å². The number of hydrogen-bond acceptors (Lipinski definition) is 12. The highest BCUT2D eigenvalue weighted by Gasteiger charge is 2.63. The van der Waals surface area contributed by atoms with Crippen molar-refractivity contribution in [3.05, 3.63) is 58.6 Å². The van der Waals surface area contributed by atoms with Gasteiger partial charge in [-0.15, -0.1) is 0 Å². The molecule has 0 aliphatic heterocycles. The van der Waals surface area contributed by atoms with Gasteiger partial charge in [-0.25, -0.2) is 18.0 Å². The second kappa shape index (κ2) is 22.9. The molecular weight excluding hydrogens is 988 g/mol. The highest BCUT2D eigenvalue weighted by Crippen LogP contribution is 2.68. The van der Waals surface area contributed by atoms with Gasteiger partial charge in [-0.05, 0) is 189 Å². The van der Waals surface area contributed by atoms with E-state index >= 15 is 0 Å². The van der Waals surface area contributed by atoms with Crippen LogP contribution in [-0.2, 0) is 48.1 Å². The van der Waals surface area contributed by atoms with Gasteiger partial charge >= 0.3 is 12.3 Å². The number of benzene rings is 2. The molecule has 0 heterocycles. The van der Waals surface area contributed by atoms with Crippen LogP contribution in [-0.4, -0.2) is 93.7 Å². The lowest BCUT2D eigenvalue weighted by Crippen LogP contribution is -2.59. The fourth-order valence-corrected chi connectivity index (χ4v) is 13.6. The van der Waals surface area contributed by atoms with Crippen LogP contribution in [0.5, 0.6) is 0 Å². The van der Waals surface area contributed by atoms with Crippen LogP contribution in [0, 0.1) is 40.4 Å². The fraction of sp³-hybridized carbons (Fsp3) is 0.660. The average molecular weight is 1060 g/mol. The number of nitrogens with one attached hydrogen (secondary N) is 2. The molecule has 0 bridgehead atoms. The maximum Gasteiger partial charge on any atom is 0.509 e. The molecule has 6 rings (SSSR count). The lowest BCUT2D eigenvalue weighted by molar-refractivity contribution is -0.179. The largest absolute Gasteiger partial charge is 0.509 e. The predicted octanol–water partition coefficient (Wildman–Crippen LogP) is 10.0. The minimum absolute atomic E-state index is 0.00791. The number of hydrogen-bond donors (Lipinski definition) is 2. The smallest absolute Gasteiger partial charge is 0.431 e. The Hall–Kier alpha value is -4.61. The minimum atomic E-state index is -3.68. The molecule has 0 saturated heterocycles. The molecule has 4 fully saturated rings. The zero-order valence-corrected chi connectivity index (χ0v) is 45.6. The van der Waals surface area contributed by atoms with Crippen molar-refractivity contribution < 1.29 is 56.1 Å². The normalized spacial score (nSPS) is 26.9. The van der Waals surface area contributed by atoms with Crippen molar-refractivity contribution in [1.82, 2.24) is 10.0 Å². The van der Waals surface area contributed by atoms with Crippen LogP contribution in [0.1, 0.15) is 132 Å². The van der Waals surface area contributed by atoms with Gasteiger partial charge < -0.3 is 34.1 Å². The molecule has 19 heteroatoms. The monoisotopic (exact) mass is 1060 g/mol. The number of carbonyl (C=O) groups is 6. The summed E-state index contributed by atoms with van der Waals surface area (Å²) in [5.41, 5.74) is -0.335. The van der Waals surface area contributed by atoms with Gasteiger partial charge in [0.05, 0.1) is 6.26 Å². The van der Waals surface area contributed by atoms with Crippen molar-refractivity contribution in [2.45, 2.75) is 156 Å². The molecule has 4 aliphatic carbocycles. The number of anilines is 2. The molecule has 4 amide bonds. The topological polar surface area (TPSA) is 204 Å². The van der Waals surface area contributed by atoms with E-state index in [9.17, 15) is 37.2 Å². The number of sulfonamides is 1. The van der Waals surface area contributed by atoms with Crippen LogP contribution in [0.2, 0.25) is 10.0 Å². The number of halogens is 2. The molecule has 398 valence electrons. The molecule has 1 unspecified atom stereocenters. The zero-order valence-electron chi connectivity index (χ0n) is 43.2. The van der Waals surface area contributed by atoms with Crippen LogP contribution in [0.25, 0.3) is 0 Å². The molecule has 0 spiro atoms. The van der Waals surface area contributed by atoms with Crippen molar-refractivity contribution in [2.24, 2.45) is 40.4 Å². The van der Waals surface area contributed by atoms with Gasteiger partial charge in [0.2, 0.25) is 21.8 Å². The molecule has 0 aromatic heterocycles. The minimum Gasteiger partial charge on any atom is -0.431 e. The molecule has 2 aromatic rings. The van der Waals surface area contributed by atoms with E-state index < -0.39 is 76.6 Å². The second-order valence-electron chi connectivity index (χ2n) is 22.8.